The number of benzene rings is 2. The van der Waals surface area contributed by atoms with E-state index in [-0.39, 0.29) is 5.91 Å². The Morgan fingerprint density at radius 1 is 1.08 bits per heavy atom. The zero-order chi connectivity index (χ0) is 17.5. The van der Waals surface area contributed by atoms with Crippen molar-refractivity contribution in [1.29, 1.82) is 0 Å². The molecular formula is C18H20ClNO4. The molecule has 1 amide bonds. The predicted molar refractivity (Wildman–Crippen MR) is 92.9 cm³/mol. The largest absolute Gasteiger partial charge is 0.493 e. The number of hydrogen-bond acceptors (Lipinski definition) is 4. The molecule has 0 heterocycles. The SMILES string of the molecule is COc1ccc(CNC(=O)[C@@H](C)Oc2ccccc2Cl)cc1OC. The lowest BCUT2D eigenvalue weighted by Crippen LogP contribution is -2.35. The van der Waals surface area contributed by atoms with Crippen LogP contribution in [0.25, 0.3) is 0 Å². The molecule has 2 rings (SSSR count). The van der Waals surface area contributed by atoms with Crippen LogP contribution in [-0.2, 0) is 11.3 Å². The number of nitrogens with one attached hydrogen (secondary N) is 1. The van der Waals surface area contributed by atoms with Gasteiger partial charge in [0.2, 0.25) is 0 Å². The van der Waals surface area contributed by atoms with Crippen molar-refractivity contribution in [3.63, 3.8) is 0 Å². The van der Waals surface area contributed by atoms with Gasteiger partial charge in [-0.3, -0.25) is 4.79 Å². The molecule has 1 atom stereocenters. The average molecular weight is 350 g/mol. The van der Waals surface area contributed by atoms with Crippen molar-refractivity contribution < 1.29 is 19.0 Å². The van der Waals surface area contributed by atoms with Crippen LogP contribution in [0.3, 0.4) is 0 Å². The van der Waals surface area contributed by atoms with Gasteiger partial charge in [-0.25, -0.2) is 0 Å². The summed E-state index contributed by atoms with van der Waals surface area (Å²) < 4.78 is 16.0. The summed E-state index contributed by atoms with van der Waals surface area (Å²) in [6.45, 7) is 2.03. The van der Waals surface area contributed by atoms with Gasteiger partial charge in [0.15, 0.2) is 17.6 Å². The number of amides is 1. The summed E-state index contributed by atoms with van der Waals surface area (Å²) in [4.78, 5) is 12.2. The highest BCUT2D eigenvalue weighted by Gasteiger charge is 2.16. The van der Waals surface area contributed by atoms with Gasteiger partial charge < -0.3 is 19.5 Å². The average Bonchev–Trinajstić information content (AvgIpc) is 2.61. The molecule has 0 bridgehead atoms. The second kappa shape index (κ2) is 8.45. The first-order valence-corrected chi connectivity index (χ1v) is 7.82. The lowest BCUT2D eigenvalue weighted by atomic mass is 10.2. The first-order chi connectivity index (χ1) is 11.5. The Hall–Kier alpha value is -2.40. The van der Waals surface area contributed by atoms with E-state index >= 15 is 0 Å². The van der Waals surface area contributed by atoms with Crippen molar-refractivity contribution in [3.8, 4) is 17.2 Å². The van der Waals surface area contributed by atoms with Crippen molar-refractivity contribution in [3.05, 3.63) is 53.1 Å². The first-order valence-electron chi connectivity index (χ1n) is 7.45. The fraction of sp³-hybridized carbons (Fsp3) is 0.278. The van der Waals surface area contributed by atoms with E-state index in [0.29, 0.717) is 28.8 Å². The molecule has 0 saturated heterocycles. The number of carbonyl (C=O) groups is 1. The van der Waals surface area contributed by atoms with Crippen LogP contribution in [0.1, 0.15) is 12.5 Å². The Balaban J connectivity index is 1.94. The third-order valence-electron chi connectivity index (χ3n) is 3.42. The van der Waals surface area contributed by atoms with E-state index in [1.54, 1.807) is 51.5 Å². The Morgan fingerprint density at radius 2 is 1.79 bits per heavy atom. The molecule has 24 heavy (non-hydrogen) atoms. The van der Waals surface area contributed by atoms with Crippen LogP contribution in [0.5, 0.6) is 17.2 Å². The molecule has 0 spiro atoms. The summed E-state index contributed by atoms with van der Waals surface area (Å²) in [5.41, 5.74) is 0.894. The van der Waals surface area contributed by atoms with E-state index in [0.717, 1.165) is 5.56 Å². The zero-order valence-electron chi connectivity index (χ0n) is 13.8. The van der Waals surface area contributed by atoms with E-state index in [9.17, 15) is 4.79 Å². The fourth-order valence-corrected chi connectivity index (χ4v) is 2.29. The van der Waals surface area contributed by atoms with Crippen LogP contribution < -0.4 is 19.5 Å². The van der Waals surface area contributed by atoms with Crippen LogP contribution in [0.15, 0.2) is 42.5 Å². The molecule has 2 aromatic rings. The summed E-state index contributed by atoms with van der Waals surface area (Å²) >= 11 is 6.03. The van der Waals surface area contributed by atoms with Gasteiger partial charge in [0.1, 0.15) is 5.75 Å². The van der Waals surface area contributed by atoms with E-state index < -0.39 is 6.10 Å². The third kappa shape index (κ3) is 4.55. The van der Waals surface area contributed by atoms with Gasteiger partial charge >= 0.3 is 0 Å². The maximum absolute atomic E-state index is 12.2. The third-order valence-corrected chi connectivity index (χ3v) is 3.74. The number of para-hydroxylation sites is 1. The lowest BCUT2D eigenvalue weighted by Gasteiger charge is -2.16. The summed E-state index contributed by atoms with van der Waals surface area (Å²) in [5, 5.41) is 3.29. The Kier molecular flexibility index (Phi) is 6.32. The molecule has 0 radical (unpaired) electrons. The fourth-order valence-electron chi connectivity index (χ4n) is 2.11. The first kappa shape index (κ1) is 17.9. The Labute approximate surface area is 146 Å². The predicted octanol–water partition coefficient (Wildman–Crippen LogP) is 3.44. The zero-order valence-corrected chi connectivity index (χ0v) is 14.6. The molecule has 0 unspecified atom stereocenters. The van der Waals surface area contributed by atoms with Crippen molar-refractivity contribution in [1.82, 2.24) is 5.32 Å². The van der Waals surface area contributed by atoms with E-state index in [1.165, 1.54) is 0 Å². The van der Waals surface area contributed by atoms with Crippen molar-refractivity contribution in [2.45, 2.75) is 19.6 Å². The van der Waals surface area contributed by atoms with Crippen LogP contribution in [0.2, 0.25) is 5.02 Å². The molecule has 1 N–H and O–H groups in total. The molecule has 0 aliphatic heterocycles. The Bertz CT molecular complexity index is 705. The molecule has 0 fully saturated rings. The lowest BCUT2D eigenvalue weighted by molar-refractivity contribution is -0.127. The molecule has 6 heteroatoms. The maximum Gasteiger partial charge on any atom is 0.261 e. The normalized spacial score (nSPS) is 11.5. The highest BCUT2D eigenvalue weighted by atomic mass is 35.5. The van der Waals surface area contributed by atoms with Gasteiger partial charge in [-0.05, 0) is 36.8 Å². The monoisotopic (exact) mass is 349 g/mol. The van der Waals surface area contributed by atoms with Gasteiger partial charge in [0.25, 0.3) is 5.91 Å². The maximum atomic E-state index is 12.2. The van der Waals surface area contributed by atoms with Crippen molar-refractivity contribution >= 4 is 17.5 Å². The molecule has 0 aromatic heterocycles. The van der Waals surface area contributed by atoms with Gasteiger partial charge in [0.05, 0.1) is 19.2 Å². The quantitative estimate of drug-likeness (QED) is 0.832. The molecule has 128 valence electrons. The molecule has 0 saturated carbocycles. The minimum Gasteiger partial charge on any atom is -0.493 e. The summed E-state index contributed by atoms with van der Waals surface area (Å²) in [7, 11) is 3.15. The number of halogens is 1. The second-order valence-electron chi connectivity index (χ2n) is 5.10. The highest BCUT2D eigenvalue weighted by Crippen LogP contribution is 2.27. The van der Waals surface area contributed by atoms with Crippen LogP contribution in [-0.4, -0.2) is 26.2 Å². The van der Waals surface area contributed by atoms with E-state index in [1.807, 2.05) is 12.1 Å². The number of ether oxygens (including phenoxy) is 3. The summed E-state index contributed by atoms with van der Waals surface area (Å²) in [6, 6.07) is 12.5. The van der Waals surface area contributed by atoms with E-state index in [2.05, 4.69) is 5.32 Å². The van der Waals surface area contributed by atoms with Gasteiger partial charge in [0, 0.05) is 6.54 Å². The van der Waals surface area contributed by atoms with Gasteiger partial charge in [-0.15, -0.1) is 0 Å². The Morgan fingerprint density at radius 3 is 2.46 bits per heavy atom. The standard InChI is InChI=1S/C18H20ClNO4/c1-12(24-15-7-5-4-6-14(15)19)18(21)20-11-13-8-9-16(22-2)17(10-13)23-3/h4-10,12H,11H2,1-3H3,(H,20,21)/t12-/m1/s1. The smallest absolute Gasteiger partial charge is 0.261 e. The number of methoxy groups -OCH3 is 2. The minimum atomic E-state index is -0.662. The van der Waals surface area contributed by atoms with Gasteiger partial charge in [-0.1, -0.05) is 29.8 Å². The molecule has 5 nitrogen and oxygen atoms in total. The van der Waals surface area contributed by atoms with Crippen LogP contribution in [0.4, 0.5) is 0 Å². The number of carbonyl (C=O) groups excluding carboxylic acids is 1. The van der Waals surface area contributed by atoms with Gasteiger partial charge in [-0.2, -0.15) is 0 Å². The van der Waals surface area contributed by atoms with Crippen LogP contribution >= 0.6 is 11.6 Å². The topological polar surface area (TPSA) is 56.8 Å². The summed E-state index contributed by atoms with van der Waals surface area (Å²) in [5.74, 6) is 1.50. The second-order valence-corrected chi connectivity index (χ2v) is 5.50. The summed E-state index contributed by atoms with van der Waals surface area (Å²) in [6.07, 6.45) is -0.662. The highest BCUT2D eigenvalue weighted by molar-refractivity contribution is 6.32. The van der Waals surface area contributed by atoms with Crippen LogP contribution in [0, 0.1) is 0 Å². The molecule has 2 aromatic carbocycles. The number of hydrogen-bond donors (Lipinski definition) is 1. The molecule has 0 aliphatic rings. The number of rotatable bonds is 7. The van der Waals surface area contributed by atoms with E-state index in [4.69, 9.17) is 25.8 Å². The minimum absolute atomic E-state index is 0.232. The van der Waals surface area contributed by atoms with Crippen molar-refractivity contribution in [2.24, 2.45) is 0 Å². The molecule has 0 aliphatic carbocycles. The molecular weight excluding hydrogens is 330 g/mol. The van der Waals surface area contributed by atoms with Crippen molar-refractivity contribution in [2.75, 3.05) is 14.2 Å².